The molecule has 8 nitrogen and oxygen atoms in total. The number of carbonyl (C=O) groups excluding carboxylic acids is 1. The summed E-state index contributed by atoms with van der Waals surface area (Å²) in [7, 11) is 0. The van der Waals surface area contributed by atoms with Gasteiger partial charge in [0.05, 0.1) is 13.2 Å². The van der Waals surface area contributed by atoms with E-state index in [1.165, 1.54) is 11.3 Å². The Labute approximate surface area is 133 Å². The summed E-state index contributed by atoms with van der Waals surface area (Å²) in [5, 5.41) is 16.0. The van der Waals surface area contributed by atoms with Gasteiger partial charge in [-0.15, -0.1) is 10.2 Å². The molecule has 0 bridgehead atoms. The van der Waals surface area contributed by atoms with Crippen LogP contribution in [0, 0.1) is 0 Å². The summed E-state index contributed by atoms with van der Waals surface area (Å²) in [4.78, 5) is 21.8. The maximum Gasteiger partial charge on any atom is 0.290 e. The number of nitrogens with zero attached hydrogens (tertiary/aromatic N) is 3. The first-order valence-corrected chi connectivity index (χ1v) is 7.74. The summed E-state index contributed by atoms with van der Waals surface area (Å²) in [6.07, 6.45) is 0.973. The van der Waals surface area contributed by atoms with Crippen LogP contribution in [0.4, 0.5) is 0 Å². The number of rotatable bonds is 5. The number of aromatic nitrogens is 2. The molecule has 0 aliphatic carbocycles. The van der Waals surface area contributed by atoms with Gasteiger partial charge >= 0.3 is 0 Å². The summed E-state index contributed by atoms with van der Waals surface area (Å²) in [6, 6.07) is 0. The van der Waals surface area contributed by atoms with E-state index < -0.39 is 5.91 Å². The second-order valence-electron chi connectivity index (χ2n) is 5.47. The molecule has 0 radical (unpaired) electrons. The molecule has 22 heavy (non-hydrogen) atoms. The predicted octanol–water partition coefficient (Wildman–Crippen LogP) is 0.338. The fourth-order valence-electron chi connectivity index (χ4n) is 1.97. The number of primary amides is 1. The topological polar surface area (TPSA) is 119 Å². The lowest BCUT2D eigenvalue weighted by Crippen LogP contribution is -2.38. The zero-order valence-corrected chi connectivity index (χ0v) is 13.6. The number of carbonyl (C=O) groups is 2. The maximum absolute atomic E-state index is 11.1. The normalized spacial score (nSPS) is 15.7. The van der Waals surface area contributed by atoms with Crippen molar-refractivity contribution in [2.75, 3.05) is 32.8 Å². The van der Waals surface area contributed by atoms with Gasteiger partial charge in [0.15, 0.2) is 0 Å². The zero-order chi connectivity index (χ0) is 16.6. The molecule has 0 atom stereocenters. The minimum atomic E-state index is -0.507. The highest BCUT2D eigenvalue weighted by atomic mass is 32.1. The molecular formula is C13H22N4O4S. The summed E-state index contributed by atoms with van der Waals surface area (Å²) in [5.74, 6) is -0.507. The van der Waals surface area contributed by atoms with Gasteiger partial charge in [-0.05, 0) is 13.0 Å². The van der Waals surface area contributed by atoms with Crippen molar-refractivity contribution in [3.8, 4) is 0 Å². The van der Waals surface area contributed by atoms with Crippen LogP contribution in [0.3, 0.4) is 0 Å². The number of carboxylic acid groups (broad SMARTS) is 1. The lowest BCUT2D eigenvalue weighted by atomic mass is 9.90. The van der Waals surface area contributed by atoms with Crippen LogP contribution in [-0.4, -0.2) is 65.4 Å². The minimum absolute atomic E-state index is 0.0936. The highest BCUT2D eigenvalue weighted by Crippen LogP contribution is 2.29. The quantitative estimate of drug-likeness (QED) is 0.747. The lowest BCUT2D eigenvalue weighted by molar-refractivity contribution is -0.122. The van der Waals surface area contributed by atoms with Crippen molar-refractivity contribution in [2.45, 2.75) is 25.7 Å². The van der Waals surface area contributed by atoms with E-state index in [2.05, 4.69) is 28.9 Å². The summed E-state index contributed by atoms with van der Waals surface area (Å²) in [6.45, 7) is 8.59. The maximum atomic E-state index is 11.1. The number of amides is 1. The van der Waals surface area contributed by atoms with Gasteiger partial charge in [-0.2, -0.15) is 0 Å². The Morgan fingerprint density at radius 1 is 1.45 bits per heavy atom. The molecule has 0 aromatic carbocycles. The first-order valence-electron chi connectivity index (χ1n) is 6.92. The van der Waals surface area contributed by atoms with Gasteiger partial charge in [0.1, 0.15) is 5.01 Å². The van der Waals surface area contributed by atoms with Crippen molar-refractivity contribution in [1.29, 1.82) is 0 Å². The molecule has 1 aliphatic heterocycles. The van der Waals surface area contributed by atoms with E-state index in [1.54, 1.807) is 0 Å². The molecule has 2 rings (SSSR count). The molecule has 0 unspecified atom stereocenters. The van der Waals surface area contributed by atoms with Crippen molar-refractivity contribution >= 4 is 23.7 Å². The summed E-state index contributed by atoms with van der Waals surface area (Å²) in [5.41, 5.74) is 5.11. The van der Waals surface area contributed by atoms with Crippen LogP contribution < -0.4 is 5.73 Å². The van der Waals surface area contributed by atoms with E-state index in [1.807, 2.05) is 0 Å². The fourth-order valence-corrected chi connectivity index (χ4v) is 2.79. The average molecular weight is 330 g/mol. The smallest absolute Gasteiger partial charge is 0.290 e. The van der Waals surface area contributed by atoms with E-state index in [4.69, 9.17) is 20.4 Å². The Balaban J connectivity index is 0.000000745. The molecule has 9 heteroatoms. The van der Waals surface area contributed by atoms with E-state index in [0.717, 1.165) is 44.3 Å². The van der Waals surface area contributed by atoms with E-state index in [9.17, 15) is 4.79 Å². The molecule has 0 saturated carbocycles. The average Bonchev–Trinajstić information content (AvgIpc) is 2.98. The molecule has 1 amide bonds. The van der Waals surface area contributed by atoms with Crippen LogP contribution in [0.2, 0.25) is 0 Å². The van der Waals surface area contributed by atoms with Crippen molar-refractivity contribution < 1.29 is 19.4 Å². The largest absolute Gasteiger partial charge is 0.483 e. The van der Waals surface area contributed by atoms with Gasteiger partial charge in [-0.25, -0.2) is 0 Å². The number of morpholine rings is 1. The Hall–Kier alpha value is -1.58. The molecule has 124 valence electrons. The number of hydrogen-bond donors (Lipinski definition) is 2. The Bertz CT molecular complexity index is 486. The van der Waals surface area contributed by atoms with Crippen LogP contribution >= 0.6 is 11.3 Å². The molecule has 3 N–H and O–H groups in total. The summed E-state index contributed by atoms with van der Waals surface area (Å²) < 4.78 is 5.33. The third-order valence-corrected chi connectivity index (χ3v) is 4.68. The Morgan fingerprint density at radius 3 is 2.55 bits per heavy atom. The molecule has 1 aromatic heterocycles. The van der Waals surface area contributed by atoms with Crippen molar-refractivity contribution in [3.05, 3.63) is 10.0 Å². The molecule has 1 fully saturated rings. The highest BCUT2D eigenvalue weighted by molar-refractivity contribution is 7.13. The van der Waals surface area contributed by atoms with Gasteiger partial charge in [0, 0.05) is 18.5 Å². The molecule has 0 spiro atoms. The zero-order valence-electron chi connectivity index (χ0n) is 12.8. The van der Waals surface area contributed by atoms with Crippen molar-refractivity contribution in [3.63, 3.8) is 0 Å². The van der Waals surface area contributed by atoms with Crippen LogP contribution in [0.15, 0.2) is 0 Å². The molecule has 1 aliphatic rings. The van der Waals surface area contributed by atoms with E-state index in [0.29, 0.717) is 0 Å². The highest BCUT2D eigenvalue weighted by Gasteiger charge is 2.27. The second kappa shape index (κ2) is 8.76. The molecule has 2 heterocycles. The van der Waals surface area contributed by atoms with Gasteiger partial charge in [0.25, 0.3) is 12.4 Å². The van der Waals surface area contributed by atoms with Gasteiger partial charge in [-0.1, -0.05) is 25.2 Å². The molecule has 1 saturated heterocycles. The number of hydrogen-bond acceptors (Lipinski definition) is 7. The monoisotopic (exact) mass is 330 g/mol. The van der Waals surface area contributed by atoms with Gasteiger partial charge in [0.2, 0.25) is 5.01 Å². The lowest BCUT2D eigenvalue weighted by Gasteiger charge is -2.30. The second-order valence-corrected chi connectivity index (χ2v) is 6.45. The van der Waals surface area contributed by atoms with Crippen LogP contribution in [0.25, 0.3) is 0 Å². The van der Waals surface area contributed by atoms with Crippen LogP contribution in [0.5, 0.6) is 0 Å². The minimum Gasteiger partial charge on any atom is -0.483 e. The van der Waals surface area contributed by atoms with Crippen LogP contribution in [0.1, 0.15) is 35.1 Å². The number of nitrogens with two attached hydrogens (primary N) is 1. The van der Waals surface area contributed by atoms with Crippen LogP contribution in [-0.2, 0) is 14.9 Å². The van der Waals surface area contributed by atoms with Gasteiger partial charge < -0.3 is 15.6 Å². The van der Waals surface area contributed by atoms with Crippen molar-refractivity contribution in [1.82, 2.24) is 15.1 Å². The third-order valence-electron chi connectivity index (χ3n) is 3.37. The van der Waals surface area contributed by atoms with Gasteiger partial charge in [-0.3, -0.25) is 14.5 Å². The Morgan fingerprint density at radius 2 is 2.05 bits per heavy atom. The fraction of sp³-hybridized carbons (Fsp3) is 0.692. The predicted molar refractivity (Wildman–Crippen MR) is 82.0 cm³/mol. The first-order chi connectivity index (χ1) is 10.4. The molecular weight excluding hydrogens is 308 g/mol. The van der Waals surface area contributed by atoms with E-state index in [-0.39, 0.29) is 16.9 Å². The molecule has 1 aromatic rings. The first kappa shape index (κ1) is 18.5. The van der Waals surface area contributed by atoms with Crippen molar-refractivity contribution in [2.24, 2.45) is 5.73 Å². The number of ether oxygens (including phenoxy) is 1. The van der Waals surface area contributed by atoms with E-state index >= 15 is 0 Å². The SMILES string of the molecule is CC(C)(CCN1CCOCC1)c1nnc(C(N)=O)s1.O=CO. The standard InChI is InChI=1S/C12H20N4O2S.CH2O2/c1-12(2,3-4-16-5-7-18-8-6-16)11-15-14-10(19-11)9(13)17;2-1-3/h3-8H2,1-2H3,(H2,13,17);1H,(H,2,3). The Kier molecular flexibility index (Phi) is 7.36. The third kappa shape index (κ3) is 5.66. The summed E-state index contributed by atoms with van der Waals surface area (Å²) >= 11 is 1.29.